The lowest BCUT2D eigenvalue weighted by atomic mass is 10.2. The van der Waals surface area contributed by atoms with Crippen molar-refractivity contribution in [2.75, 3.05) is 12.8 Å². The standard InChI is InChI=1S/C13H14N2O2/c1-17-12-5-2-10(3-6-12)8-15-9-11(14)4-7-13(15)16/h2-7,9H,8,14H2,1H3. The van der Waals surface area contributed by atoms with Gasteiger partial charge in [-0.3, -0.25) is 4.79 Å². The summed E-state index contributed by atoms with van der Waals surface area (Å²) in [6, 6.07) is 10.7. The Labute approximate surface area is 99.3 Å². The van der Waals surface area contributed by atoms with E-state index < -0.39 is 0 Å². The number of hydrogen-bond donors (Lipinski definition) is 1. The minimum Gasteiger partial charge on any atom is -0.497 e. The third kappa shape index (κ3) is 2.66. The van der Waals surface area contributed by atoms with Gasteiger partial charge in [0.05, 0.1) is 13.7 Å². The van der Waals surface area contributed by atoms with Crippen molar-refractivity contribution >= 4 is 5.69 Å². The number of nitrogens with zero attached hydrogens (tertiary/aromatic N) is 1. The van der Waals surface area contributed by atoms with E-state index in [4.69, 9.17) is 10.5 Å². The number of pyridine rings is 1. The lowest BCUT2D eigenvalue weighted by molar-refractivity contribution is 0.414. The molecule has 0 radical (unpaired) electrons. The Balaban J connectivity index is 2.25. The summed E-state index contributed by atoms with van der Waals surface area (Å²) < 4.78 is 6.65. The molecule has 4 heteroatoms. The van der Waals surface area contributed by atoms with Gasteiger partial charge >= 0.3 is 0 Å². The Morgan fingerprint density at radius 3 is 2.53 bits per heavy atom. The molecule has 0 atom stereocenters. The Morgan fingerprint density at radius 1 is 1.18 bits per heavy atom. The maximum absolute atomic E-state index is 11.6. The van der Waals surface area contributed by atoms with E-state index in [1.807, 2.05) is 24.3 Å². The summed E-state index contributed by atoms with van der Waals surface area (Å²) in [6.45, 7) is 0.508. The second kappa shape index (κ2) is 4.74. The molecule has 1 aromatic heterocycles. The molecule has 1 heterocycles. The van der Waals surface area contributed by atoms with E-state index in [2.05, 4.69) is 0 Å². The van der Waals surface area contributed by atoms with E-state index in [9.17, 15) is 4.79 Å². The van der Waals surface area contributed by atoms with Gasteiger partial charge in [-0.25, -0.2) is 0 Å². The monoisotopic (exact) mass is 230 g/mol. The zero-order valence-corrected chi connectivity index (χ0v) is 9.59. The number of aromatic nitrogens is 1. The van der Waals surface area contributed by atoms with Crippen LogP contribution in [-0.2, 0) is 6.54 Å². The molecule has 2 aromatic rings. The van der Waals surface area contributed by atoms with Gasteiger partial charge in [0, 0.05) is 18.0 Å². The molecule has 0 saturated heterocycles. The van der Waals surface area contributed by atoms with E-state index in [0.717, 1.165) is 11.3 Å². The van der Waals surface area contributed by atoms with Crippen LogP contribution in [0.25, 0.3) is 0 Å². The quantitative estimate of drug-likeness (QED) is 0.869. The summed E-state index contributed by atoms with van der Waals surface area (Å²) in [5.74, 6) is 0.800. The summed E-state index contributed by atoms with van der Waals surface area (Å²) in [6.07, 6.45) is 1.65. The number of benzene rings is 1. The molecule has 0 aliphatic carbocycles. The first kappa shape index (κ1) is 11.3. The largest absolute Gasteiger partial charge is 0.497 e. The van der Waals surface area contributed by atoms with Crippen LogP contribution in [-0.4, -0.2) is 11.7 Å². The van der Waals surface area contributed by atoms with Crippen molar-refractivity contribution in [3.05, 3.63) is 58.5 Å². The summed E-state index contributed by atoms with van der Waals surface area (Å²) in [4.78, 5) is 11.6. The fraction of sp³-hybridized carbons (Fsp3) is 0.154. The van der Waals surface area contributed by atoms with Crippen molar-refractivity contribution in [2.45, 2.75) is 6.54 Å². The van der Waals surface area contributed by atoms with Gasteiger partial charge in [0.1, 0.15) is 5.75 Å². The van der Waals surface area contributed by atoms with Crippen LogP contribution in [0.3, 0.4) is 0 Å². The van der Waals surface area contributed by atoms with Gasteiger partial charge in [0.25, 0.3) is 5.56 Å². The summed E-state index contributed by atoms with van der Waals surface area (Å²) in [5.41, 5.74) is 7.19. The second-order valence-electron chi connectivity index (χ2n) is 3.78. The molecule has 0 bridgehead atoms. The Bertz CT molecular complexity index is 558. The normalized spacial score (nSPS) is 10.2. The molecule has 17 heavy (non-hydrogen) atoms. The first-order valence-corrected chi connectivity index (χ1v) is 5.28. The van der Waals surface area contributed by atoms with E-state index in [1.54, 1.807) is 23.9 Å². The van der Waals surface area contributed by atoms with Crippen LogP contribution >= 0.6 is 0 Å². The number of nitrogen functional groups attached to an aromatic ring is 1. The number of rotatable bonds is 3. The topological polar surface area (TPSA) is 57.2 Å². The Morgan fingerprint density at radius 2 is 1.88 bits per heavy atom. The van der Waals surface area contributed by atoms with E-state index >= 15 is 0 Å². The molecule has 0 aliphatic heterocycles. The van der Waals surface area contributed by atoms with Gasteiger partial charge in [-0.2, -0.15) is 0 Å². The third-order valence-corrected chi connectivity index (χ3v) is 2.52. The molecule has 0 aliphatic rings. The van der Waals surface area contributed by atoms with Crippen LogP contribution in [0, 0.1) is 0 Å². The van der Waals surface area contributed by atoms with E-state index in [-0.39, 0.29) is 5.56 Å². The molecule has 2 rings (SSSR count). The lowest BCUT2D eigenvalue weighted by Crippen LogP contribution is -2.19. The van der Waals surface area contributed by atoms with Crippen molar-refractivity contribution in [2.24, 2.45) is 0 Å². The number of hydrogen-bond acceptors (Lipinski definition) is 3. The average Bonchev–Trinajstić information content (AvgIpc) is 2.35. The number of nitrogens with two attached hydrogens (primary N) is 1. The predicted molar refractivity (Wildman–Crippen MR) is 67.2 cm³/mol. The average molecular weight is 230 g/mol. The first-order chi connectivity index (χ1) is 8.19. The fourth-order valence-corrected chi connectivity index (χ4v) is 1.60. The van der Waals surface area contributed by atoms with Crippen molar-refractivity contribution in [1.29, 1.82) is 0 Å². The zero-order valence-electron chi connectivity index (χ0n) is 9.59. The van der Waals surface area contributed by atoms with Crippen LogP contribution in [0.1, 0.15) is 5.56 Å². The highest BCUT2D eigenvalue weighted by Gasteiger charge is 1.99. The molecule has 4 nitrogen and oxygen atoms in total. The first-order valence-electron chi connectivity index (χ1n) is 5.28. The molecule has 0 spiro atoms. The maximum Gasteiger partial charge on any atom is 0.250 e. The molecule has 0 saturated carbocycles. The van der Waals surface area contributed by atoms with Gasteiger partial charge in [-0.15, -0.1) is 0 Å². The second-order valence-corrected chi connectivity index (χ2v) is 3.78. The molecule has 2 N–H and O–H groups in total. The molecule has 0 unspecified atom stereocenters. The van der Waals surface area contributed by atoms with E-state index in [1.165, 1.54) is 6.07 Å². The Hall–Kier alpha value is -2.23. The summed E-state index contributed by atoms with van der Waals surface area (Å²) in [5, 5.41) is 0. The SMILES string of the molecule is COc1ccc(Cn2cc(N)ccc2=O)cc1. The smallest absolute Gasteiger partial charge is 0.250 e. The molecule has 88 valence electrons. The molecule has 0 fully saturated rings. The number of anilines is 1. The van der Waals surface area contributed by atoms with Gasteiger partial charge < -0.3 is 15.0 Å². The fourth-order valence-electron chi connectivity index (χ4n) is 1.60. The summed E-state index contributed by atoms with van der Waals surface area (Å²) >= 11 is 0. The highest BCUT2D eigenvalue weighted by Crippen LogP contribution is 2.12. The van der Waals surface area contributed by atoms with Crippen molar-refractivity contribution in [3.63, 3.8) is 0 Å². The van der Waals surface area contributed by atoms with Crippen molar-refractivity contribution in [3.8, 4) is 5.75 Å². The van der Waals surface area contributed by atoms with Gasteiger partial charge in [0.2, 0.25) is 0 Å². The molecule has 1 aromatic carbocycles. The maximum atomic E-state index is 11.6. The van der Waals surface area contributed by atoms with Gasteiger partial charge in [0.15, 0.2) is 0 Å². The number of ether oxygens (including phenoxy) is 1. The lowest BCUT2D eigenvalue weighted by Gasteiger charge is -2.07. The molecule has 0 amide bonds. The molecular weight excluding hydrogens is 216 g/mol. The highest BCUT2D eigenvalue weighted by molar-refractivity contribution is 5.34. The number of methoxy groups -OCH3 is 1. The Kier molecular flexibility index (Phi) is 3.14. The van der Waals surface area contributed by atoms with Gasteiger partial charge in [-0.05, 0) is 23.8 Å². The van der Waals surface area contributed by atoms with Crippen molar-refractivity contribution < 1.29 is 4.74 Å². The summed E-state index contributed by atoms with van der Waals surface area (Å²) in [7, 11) is 1.62. The molecular formula is C13H14N2O2. The van der Waals surface area contributed by atoms with E-state index in [0.29, 0.717) is 12.2 Å². The van der Waals surface area contributed by atoms with Crippen LogP contribution in [0.15, 0.2) is 47.4 Å². The van der Waals surface area contributed by atoms with Gasteiger partial charge in [-0.1, -0.05) is 12.1 Å². The minimum absolute atomic E-state index is 0.0602. The predicted octanol–water partition coefficient (Wildman–Crippen LogP) is 1.49. The van der Waals surface area contributed by atoms with Crippen LogP contribution in [0.5, 0.6) is 5.75 Å². The minimum atomic E-state index is -0.0602. The van der Waals surface area contributed by atoms with Crippen molar-refractivity contribution in [1.82, 2.24) is 4.57 Å². The van der Waals surface area contributed by atoms with Crippen LogP contribution in [0.4, 0.5) is 5.69 Å². The van der Waals surface area contributed by atoms with Crippen LogP contribution < -0.4 is 16.0 Å². The zero-order chi connectivity index (χ0) is 12.3. The third-order valence-electron chi connectivity index (χ3n) is 2.52. The highest BCUT2D eigenvalue weighted by atomic mass is 16.5. The van der Waals surface area contributed by atoms with Crippen LogP contribution in [0.2, 0.25) is 0 Å².